The number of carbonyl (C=O) groups excluding carboxylic acids is 1. The van der Waals surface area contributed by atoms with Crippen molar-refractivity contribution in [3.8, 4) is 0 Å². The zero-order chi connectivity index (χ0) is 18.6. The number of hydrogen-bond donors (Lipinski definition) is 2. The number of hydrogen-bond acceptors (Lipinski definition) is 8. The fourth-order valence-electron chi connectivity index (χ4n) is 2.72. The monoisotopic (exact) mass is 376 g/mol. The molecule has 9 heteroatoms. The minimum absolute atomic E-state index is 0.103. The van der Waals surface area contributed by atoms with Crippen molar-refractivity contribution in [2.75, 3.05) is 28.7 Å². The SMILES string of the molecule is CCOC(=O)c1ccccc1Nc1nccc(NC2CCS(=O)(=O)C2)n1. The number of para-hydroxylation sites is 1. The van der Waals surface area contributed by atoms with Gasteiger partial charge in [0.2, 0.25) is 5.95 Å². The van der Waals surface area contributed by atoms with Gasteiger partial charge in [-0.2, -0.15) is 4.98 Å². The summed E-state index contributed by atoms with van der Waals surface area (Å²) in [5.41, 5.74) is 0.921. The highest BCUT2D eigenvalue weighted by Gasteiger charge is 2.28. The smallest absolute Gasteiger partial charge is 0.340 e. The molecule has 2 aromatic rings. The minimum Gasteiger partial charge on any atom is -0.462 e. The second kappa shape index (κ2) is 7.69. The first kappa shape index (κ1) is 18.1. The van der Waals surface area contributed by atoms with Crippen LogP contribution in [-0.2, 0) is 14.6 Å². The second-order valence-electron chi connectivity index (χ2n) is 5.90. The first-order valence-corrected chi connectivity index (χ1v) is 10.1. The summed E-state index contributed by atoms with van der Waals surface area (Å²) in [5, 5.41) is 6.13. The standard InChI is InChI=1S/C17H20N4O4S/c1-2-25-16(22)13-5-3-4-6-14(13)20-17-18-9-7-15(21-17)19-12-8-10-26(23,24)11-12/h3-7,9,12H,2,8,10-11H2,1H3,(H2,18,19,20,21). The highest BCUT2D eigenvalue weighted by Crippen LogP contribution is 2.21. The maximum atomic E-state index is 12.0. The third-order valence-corrected chi connectivity index (χ3v) is 5.68. The largest absolute Gasteiger partial charge is 0.462 e. The van der Waals surface area contributed by atoms with Gasteiger partial charge in [-0.3, -0.25) is 0 Å². The third kappa shape index (κ3) is 4.48. The predicted octanol–water partition coefficient (Wildman–Crippen LogP) is 2.00. The maximum absolute atomic E-state index is 12.0. The van der Waals surface area contributed by atoms with Gasteiger partial charge in [0.05, 0.1) is 29.4 Å². The van der Waals surface area contributed by atoms with E-state index in [1.807, 2.05) is 0 Å². The molecule has 2 heterocycles. The molecule has 1 fully saturated rings. The number of aromatic nitrogens is 2. The Hall–Kier alpha value is -2.68. The summed E-state index contributed by atoms with van der Waals surface area (Å²) >= 11 is 0. The summed E-state index contributed by atoms with van der Waals surface area (Å²) < 4.78 is 28.2. The number of nitrogens with zero attached hydrogens (tertiary/aromatic N) is 2. The Morgan fingerprint density at radius 3 is 2.85 bits per heavy atom. The molecule has 0 spiro atoms. The summed E-state index contributed by atoms with van der Waals surface area (Å²) in [6.45, 7) is 2.03. The Bertz CT molecular complexity index is 901. The molecule has 0 amide bonds. The Morgan fingerprint density at radius 1 is 1.31 bits per heavy atom. The van der Waals surface area contributed by atoms with E-state index >= 15 is 0 Å². The van der Waals surface area contributed by atoms with Crippen molar-refractivity contribution in [2.45, 2.75) is 19.4 Å². The van der Waals surface area contributed by atoms with Crippen molar-refractivity contribution in [3.63, 3.8) is 0 Å². The number of rotatable bonds is 6. The van der Waals surface area contributed by atoms with E-state index in [-0.39, 0.29) is 24.2 Å². The highest BCUT2D eigenvalue weighted by atomic mass is 32.2. The summed E-state index contributed by atoms with van der Waals surface area (Å²) in [7, 11) is -2.97. The van der Waals surface area contributed by atoms with Gasteiger partial charge in [0.1, 0.15) is 5.82 Å². The minimum atomic E-state index is -2.97. The van der Waals surface area contributed by atoms with Crippen LogP contribution >= 0.6 is 0 Å². The molecule has 0 radical (unpaired) electrons. The lowest BCUT2D eigenvalue weighted by molar-refractivity contribution is 0.0527. The molecule has 1 aromatic carbocycles. The van der Waals surface area contributed by atoms with E-state index in [2.05, 4.69) is 20.6 Å². The maximum Gasteiger partial charge on any atom is 0.340 e. The average Bonchev–Trinajstić information content (AvgIpc) is 2.94. The molecule has 0 saturated carbocycles. The molecule has 0 aliphatic carbocycles. The Kier molecular flexibility index (Phi) is 5.36. The van der Waals surface area contributed by atoms with Crippen molar-refractivity contribution in [1.29, 1.82) is 0 Å². The van der Waals surface area contributed by atoms with Crippen LogP contribution in [0.1, 0.15) is 23.7 Å². The third-order valence-electron chi connectivity index (χ3n) is 3.91. The zero-order valence-corrected chi connectivity index (χ0v) is 15.1. The van der Waals surface area contributed by atoms with E-state index in [0.717, 1.165) is 0 Å². The van der Waals surface area contributed by atoms with Gasteiger partial charge in [0.15, 0.2) is 9.84 Å². The fraction of sp³-hybridized carbons (Fsp3) is 0.353. The Balaban J connectivity index is 1.74. The van der Waals surface area contributed by atoms with Crippen molar-refractivity contribution < 1.29 is 17.9 Å². The molecule has 26 heavy (non-hydrogen) atoms. The van der Waals surface area contributed by atoms with Crippen molar-refractivity contribution in [3.05, 3.63) is 42.1 Å². The topological polar surface area (TPSA) is 110 Å². The first-order chi connectivity index (χ1) is 12.5. The molecule has 1 unspecified atom stereocenters. The molecule has 138 valence electrons. The first-order valence-electron chi connectivity index (χ1n) is 8.30. The summed E-state index contributed by atoms with van der Waals surface area (Å²) in [6, 6.07) is 8.45. The molecule has 1 atom stereocenters. The Morgan fingerprint density at radius 2 is 2.12 bits per heavy atom. The molecule has 1 saturated heterocycles. The number of sulfone groups is 1. The Labute approximate surface area is 151 Å². The molecule has 3 rings (SSSR count). The van der Waals surface area contributed by atoms with E-state index in [9.17, 15) is 13.2 Å². The van der Waals surface area contributed by atoms with Crippen LogP contribution in [0.4, 0.5) is 17.5 Å². The van der Waals surface area contributed by atoms with Crippen LogP contribution in [0.5, 0.6) is 0 Å². The number of anilines is 3. The predicted molar refractivity (Wildman–Crippen MR) is 98.4 cm³/mol. The molecule has 1 aliphatic heterocycles. The molecular weight excluding hydrogens is 356 g/mol. The van der Waals surface area contributed by atoms with Crippen LogP contribution in [0.2, 0.25) is 0 Å². The van der Waals surface area contributed by atoms with Gasteiger partial charge in [-0.1, -0.05) is 12.1 Å². The van der Waals surface area contributed by atoms with Crippen LogP contribution in [0.15, 0.2) is 36.5 Å². The van der Waals surface area contributed by atoms with E-state index in [1.165, 1.54) is 0 Å². The zero-order valence-electron chi connectivity index (χ0n) is 14.3. The number of ether oxygens (including phenoxy) is 1. The van der Waals surface area contributed by atoms with Crippen LogP contribution < -0.4 is 10.6 Å². The second-order valence-corrected chi connectivity index (χ2v) is 8.13. The van der Waals surface area contributed by atoms with E-state index in [0.29, 0.717) is 29.4 Å². The van der Waals surface area contributed by atoms with Crippen LogP contribution in [-0.4, -0.2) is 48.5 Å². The summed E-state index contributed by atoms with van der Waals surface area (Å²) in [5.74, 6) is 0.686. The molecule has 1 aromatic heterocycles. The molecule has 0 bridgehead atoms. The summed E-state index contributed by atoms with van der Waals surface area (Å²) in [6.07, 6.45) is 2.12. The average molecular weight is 376 g/mol. The van der Waals surface area contributed by atoms with Gasteiger partial charge in [0.25, 0.3) is 0 Å². The number of nitrogens with one attached hydrogen (secondary N) is 2. The molecule has 1 aliphatic rings. The van der Waals surface area contributed by atoms with Crippen LogP contribution in [0.25, 0.3) is 0 Å². The lowest BCUT2D eigenvalue weighted by Crippen LogP contribution is -2.21. The quantitative estimate of drug-likeness (QED) is 0.737. The van der Waals surface area contributed by atoms with Crippen molar-refractivity contribution >= 4 is 33.3 Å². The molecular formula is C17H20N4O4S. The van der Waals surface area contributed by atoms with Crippen molar-refractivity contribution in [2.24, 2.45) is 0 Å². The van der Waals surface area contributed by atoms with Gasteiger partial charge >= 0.3 is 5.97 Å². The van der Waals surface area contributed by atoms with Gasteiger partial charge in [-0.05, 0) is 31.5 Å². The fourth-order valence-corrected chi connectivity index (χ4v) is 4.39. The summed E-state index contributed by atoms with van der Waals surface area (Å²) in [4.78, 5) is 20.5. The van der Waals surface area contributed by atoms with E-state index < -0.39 is 15.8 Å². The van der Waals surface area contributed by atoms with Gasteiger partial charge < -0.3 is 15.4 Å². The van der Waals surface area contributed by atoms with Crippen molar-refractivity contribution in [1.82, 2.24) is 9.97 Å². The lowest BCUT2D eigenvalue weighted by Gasteiger charge is -2.13. The number of benzene rings is 1. The molecule has 2 N–H and O–H groups in total. The molecule has 8 nitrogen and oxygen atoms in total. The van der Waals surface area contributed by atoms with E-state index in [4.69, 9.17) is 4.74 Å². The normalized spacial score (nSPS) is 18.3. The van der Waals surface area contributed by atoms with Gasteiger partial charge in [-0.15, -0.1) is 0 Å². The lowest BCUT2D eigenvalue weighted by atomic mass is 10.2. The van der Waals surface area contributed by atoms with E-state index in [1.54, 1.807) is 43.5 Å². The highest BCUT2D eigenvalue weighted by molar-refractivity contribution is 7.91. The van der Waals surface area contributed by atoms with Crippen LogP contribution in [0.3, 0.4) is 0 Å². The number of carbonyl (C=O) groups is 1. The van der Waals surface area contributed by atoms with Gasteiger partial charge in [0, 0.05) is 12.2 Å². The van der Waals surface area contributed by atoms with Crippen LogP contribution in [0, 0.1) is 0 Å². The number of esters is 1. The van der Waals surface area contributed by atoms with Gasteiger partial charge in [-0.25, -0.2) is 18.2 Å².